The third-order valence-corrected chi connectivity index (χ3v) is 2.68. The average Bonchev–Trinajstić information content (AvgIpc) is 2.94. The Morgan fingerprint density at radius 3 is 2.82 bits per heavy atom. The Labute approximate surface area is 98.5 Å². The van der Waals surface area contributed by atoms with E-state index in [1.807, 2.05) is 39.8 Å². The van der Waals surface area contributed by atoms with E-state index in [2.05, 4.69) is 16.0 Å². The summed E-state index contributed by atoms with van der Waals surface area (Å²) < 4.78 is 3.83. The van der Waals surface area contributed by atoms with Gasteiger partial charge in [-0.15, -0.1) is 6.42 Å². The molecular formula is C13H10N4. The van der Waals surface area contributed by atoms with Gasteiger partial charge in [-0.3, -0.25) is 4.98 Å². The van der Waals surface area contributed by atoms with Crippen molar-refractivity contribution < 1.29 is 0 Å². The lowest BCUT2D eigenvalue weighted by Gasteiger charge is -2.01. The predicted molar refractivity (Wildman–Crippen MR) is 65.2 cm³/mol. The van der Waals surface area contributed by atoms with E-state index in [0.717, 1.165) is 16.8 Å². The Balaban J connectivity index is 2.24. The number of rotatable bonds is 2. The topological polar surface area (TPSA) is 35.1 Å². The molecule has 0 fully saturated rings. The summed E-state index contributed by atoms with van der Waals surface area (Å²) >= 11 is 0. The van der Waals surface area contributed by atoms with Gasteiger partial charge in [0.05, 0.1) is 12.7 Å². The molecule has 4 heteroatoms. The Morgan fingerprint density at radius 1 is 1.24 bits per heavy atom. The quantitative estimate of drug-likeness (QED) is 0.620. The highest BCUT2D eigenvalue weighted by molar-refractivity contribution is 5.77. The molecule has 3 aromatic heterocycles. The molecule has 0 aliphatic carbocycles. The van der Waals surface area contributed by atoms with Gasteiger partial charge in [-0.05, 0) is 17.7 Å². The minimum Gasteiger partial charge on any atom is -0.319 e. The molecule has 0 atom stereocenters. The van der Waals surface area contributed by atoms with Crippen molar-refractivity contribution in [2.75, 3.05) is 0 Å². The van der Waals surface area contributed by atoms with Crippen LogP contribution in [0.4, 0.5) is 0 Å². The molecule has 0 amide bonds. The molecule has 3 rings (SSSR count). The van der Waals surface area contributed by atoms with Crippen molar-refractivity contribution in [1.82, 2.24) is 19.2 Å². The van der Waals surface area contributed by atoms with Crippen LogP contribution in [0.25, 0.3) is 16.8 Å². The predicted octanol–water partition coefficient (Wildman–Crippen LogP) is 1.83. The van der Waals surface area contributed by atoms with Crippen LogP contribution in [0, 0.1) is 12.3 Å². The number of fused-ring (bicyclic) bond motifs is 1. The van der Waals surface area contributed by atoms with Crippen molar-refractivity contribution in [2.45, 2.75) is 6.54 Å². The number of hydrogen-bond acceptors (Lipinski definition) is 2. The third-order valence-electron chi connectivity index (χ3n) is 2.68. The van der Waals surface area contributed by atoms with Gasteiger partial charge in [0, 0.05) is 30.4 Å². The summed E-state index contributed by atoms with van der Waals surface area (Å²) in [5, 5.41) is 4.30. The zero-order valence-electron chi connectivity index (χ0n) is 9.11. The molecule has 3 heterocycles. The summed E-state index contributed by atoms with van der Waals surface area (Å²) in [6, 6.07) is 3.93. The minimum absolute atomic E-state index is 0.542. The van der Waals surface area contributed by atoms with Crippen LogP contribution in [-0.2, 0) is 6.54 Å². The van der Waals surface area contributed by atoms with Crippen LogP contribution in [0.3, 0.4) is 0 Å². The highest BCUT2D eigenvalue weighted by Gasteiger charge is 2.10. The molecule has 0 N–H and O–H groups in total. The first kappa shape index (κ1) is 9.67. The van der Waals surface area contributed by atoms with Gasteiger partial charge in [0.25, 0.3) is 0 Å². The lowest BCUT2D eigenvalue weighted by Crippen LogP contribution is -1.94. The maximum Gasteiger partial charge on any atom is 0.144 e. The summed E-state index contributed by atoms with van der Waals surface area (Å²) in [6.07, 6.45) is 14.6. The second-order valence-corrected chi connectivity index (χ2v) is 3.69. The maximum atomic E-state index is 5.36. The molecule has 0 spiro atoms. The van der Waals surface area contributed by atoms with E-state index in [0.29, 0.717) is 6.54 Å². The summed E-state index contributed by atoms with van der Waals surface area (Å²) in [6.45, 7) is 0.542. The number of terminal acetylenes is 1. The van der Waals surface area contributed by atoms with Gasteiger partial charge in [0.1, 0.15) is 5.65 Å². The first-order valence-corrected chi connectivity index (χ1v) is 5.26. The second-order valence-electron chi connectivity index (χ2n) is 3.69. The fourth-order valence-electron chi connectivity index (χ4n) is 1.93. The summed E-state index contributed by atoms with van der Waals surface area (Å²) in [5.41, 5.74) is 3.16. The molecule has 0 bridgehead atoms. The van der Waals surface area contributed by atoms with Gasteiger partial charge in [0.15, 0.2) is 0 Å². The van der Waals surface area contributed by atoms with Crippen LogP contribution in [0.2, 0.25) is 0 Å². The number of aromatic nitrogens is 4. The molecular weight excluding hydrogens is 212 g/mol. The first-order chi connectivity index (χ1) is 8.40. The molecule has 0 aliphatic rings. The van der Waals surface area contributed by atoms with Crippen LogP contribution in [0.15, 0.2) is 43.1 Å². The van der Waals surface area contributed by atoms with Crippen LogP contribution in [0.1, 0.15) is 0 Å². The molecule has 0 unspecified atom stereocenters. The molecule has 4 nitrogen and oxygen atoms in total. The zero-order chi connectivity index (χ0) is 11.7. The molecule has 82 valence electrons. The Hall–Kier alpha value is -2.54. The number of pyridine rings is 1. The maximum absolute atomic E-state index is 5.36. The molecule has 0 aliphatic heterocycles. The lowest BCUT2D eigenvalue weighted by molar-refractivity contribution is 0.869. The van der Waals surface area contributed by atoms with Crippen molar-refractivity contribution in [3.05, 3.63) is 43.1 Å². The Kier molecular flexibility index (Phi) is 2.16. The average molecular weight is 222 g/mol. The molecule has 0 saturated carbocycles. The smallest absolute Gasteiger partial charge is 0.144 e. The Morgan fingerprint density at radius 2 is 2.06 bits per heavy atom. The van der Waals surface area contributed by atoms with Crippen molar-refractivity contribution in [1.29, 1.82) is 0 Å². The minimum atomic E-state index is 0.542. The highest BCUT2D eigenvalue weighted by Crippen LogP contribution is 2.23. The van der Waals surface area contributed by atoms with E-state index in [1.165, 1.54) is 0 Å². The van der Waals surface area contributed by atoms with E-state index < -0.39 is 0 Å². The monoisotopic (exact) mass is 222 g/mol. The van der Waals surface area contributed by atoms with Gasteiger partial charge >= 0.3 is 0 Å². The highest BCUT2D eigenvalue weighted by atomic mass is 15.3. The molecule has 17 heavy (non-hydrogen) atoms. The van der Waals surface area contributed by atoms with E-state index in [-0.39, 0.29) is 0 Å². The van der Waals surface area contributed by atoms with E-state index in [1.54, 1.807) is 12.4 Å². The number of nitrogens with zero attached hydrogens (tertiary/aromatic N) is 4. The first-order valence-electron chi connectivity index (χ1n) is 5.26. The molecule has 0 radical (unpaired) electrons. The van der Waals surface area contributed by atoms with Gasteiger partial charge < -0.3 is 4.57 Å². The van der Waals surface area contributed by atoms with Crippen molar-refractivity contribution in [3.8, 4) is 23.5 Å². The van der Waals surface area contributed by atoms with Crippen molar-refractivity contribution in [3.63, 3.8) is 0 Å². The van der Waals surface area contributed by atoms with Crippen LogP contribution in [0.5, 0.6) is 0 Å². The number of imidazole rings is 1. The van der Waals surface area contributed by atoms with Gasteiger partial charge in [-0.1, -0.05) is 5.92 Å². The van der Waals surface area contributed by atoms with Gasteiger partial charge in [-0.25, -0.2) is 4.52 Å². The molecule has 0 saturated heterocycles. The standard InChI is InChI=1S/C13H10N4/c1-2-7-16-8-9-17-13(16)12(10-15-17)11-3-5-14-6-4-11/h1,3-6,8-10H,7H2. The Bertz CT molecular complexity index is 685. The zero-order valence-corrected chi connectivity index (χ0v) is 9.11. The normalized spacial score (nSPS) is 10.5. The lowest BCUT2D eigenvalue weighted by atomic mass is 10.1. The van der Waals surface area contributed by atoms with Gasteiger partial charge in [0.2, 0.25) is 0 Å². The summed E-state index contributed by atoms with van der Waals surface area (Å²) in [5.74, 6) is 2.64. The number of hydrogen-bond donors (Lipinski definition) is 0. The summed E-state index contributed by atoms with van der Waals surface area (Å²) in [4.78, 5) is 4.02. The third kappa shape index (κ3) is 1.49. The largest absolute Gasteiger partial charge is 0.319 e. The van der Waals surface area contributed by atoms with Crippen LogP contribution < -0.4 is 0 Å². The van der Waals surface area contributed by atoms with Crippen LogP contribution >= 0.6 is 0 Å². The van der Waals surface area contributed by atoms with E-state index >= 15 is 0 Å². The SMILES string of the molecule is C#CCn1ccn2ncc(-c3ccncc3)c12. The van der Waals surface area contributed by atoms with Gasteiger partial charge in [-0.2, -0.15) is 5.10 Å². The molecule has 0 aromatic carbocycles. The molecule has 3 aromatic rings. The fourth-order valence-corrected chi connectivity index (χ4v) is 1.93. The van der Waals surface area contributed by atoms with E-state index in [9.17, 15) is 0 Å². The van der Waals surface area contributed by atoms with Crippen LogP contribution in [-0.4, -0.2) is 19.2 Å². The fraction of sp³-hybridized carbons (Fsp3) is 0.0769. The second kappa shape index (κ2) is 3.80. The van der Waals surface area contributed by atoms with E-state index in [4.69, 9.17) is 6.42 Å². The summed E-state index contributed by atoms with van der Waals surface area (Å²) in [7, 11) is 0. The van der Waals surface area contributed by atoms with Crippen molar-refractivity contribution in [2.24, 2.45) is 0 Å². The van der Waals surface area contributed by atoms with Crippen molar-refractivity contribution >= 4 is 5.65 Å².